The van der Waals surface area contributed by atoms with Gasteiger partial charge in [0.25, 0.3) is 0 Å². The number of aliphatic imine (C=N–C) groups is 1. The number of benzene rings is 4. The fraction of sp³-hybridized carbons (Fsp3) is 0.0606. The van der Waals surface area contributed by atoms with Crippen LogP contribution >= 0.6 is 0 Å². The van der Waals surface area contributed by atoms with Crippen molar-refractivity contribution in [3.05, 3.63) is 137 Å². The number of anilines is 1. The van der Waals surface area contributed by atoms with Crippen LogP contribution < -0.4 is 11.0 Å². The number of nitrogens with one attached hydrogen (secondary N) is 2. The minimum absolute atomic E-state index is 0.197. The van der Waals surface area contributed by atoms with Gasteiger partial charge in [-0.1, -0.05) is 109 Å². The second kappa shape index (κ2) is 10.0. The molecule has 3 heterocycles. The Morgan fingerprint density at radius 2 is 1.20 bits per heavy atom. The molecule has 40 heavy (non-hydrogen) atoms. The molecule has 0 atom stereocenters. The van der Waals surface area contributed by atoms with E-state index in [1.54, 1.807) is 17.2 Å². The van der Waals surface area contributed by atoms with Crippen molar-refractivity contribution in [3.8, 4) is 33.6 Å². The van der Waals surface area contributed by atoms with Crippen molar-refractivity contribution in [2.24, 2.45) is 4.99 Å². The van der Waals surface area contributed by atoms with Crippen molar-refractivity contribution in [1.29, 1.82) is 0 Å². The van der Waals surface area contributed by atoms with Gasteiger partial charge in [0, 0.05) is 0 Å². The first-order valence-corrected chi connectivity index (χ1v) is 13.2. The average molecular weight is 523 g/mol. The molecule has 7 rings (SSSR count). The molecular formula is C33H26N6O. The zero-order valence-corrected chi connectivity index (χ0v) is 21.7. The average Bonchev–Trinajstić information content (AvgIpc) is 3.48. The lowest BCUT2D eigenvalue weighted by atomic mass is 10.0. The lowest BCUT2D eigenvalue weighted by Crippen LogP contribution is -2.19. The van der Waals surface area contributed by atoms with Crippen molar-refractivity contribution in [2.45, 2.75) is 13.1 Å². The minimum Gasteiger partial charge on any atom is -0.330 e. The molecule has 0 amide bonds. The van der Waals surface area contributed by atoms with Crippen LogP contribution in [-0.4, -0.2) is 25.4 Å². The first-order chi connectivity index (χ1) is 19.7. The highest BCUT2D eigenvalue weighted by molar-refractivity contribution is 5.90. The summed E-state index contributed by atoms with van der Waals surface area (Å²) in [6.45, 7) is 1.03. The predicted molar refractivity (Wildman–Crippen MR) is 160 cm³/mol. The maximum absolute atomic E-state index is 13.1. The molecule has 7 nitrogen and oxygen atoms in total. The van der Waals surface area contributed by atoms with Crippen LogP contribution in [0.3, 0.4) is 0 Å². The van der Waals surface area contributed by atoms with Crippen LogP contribution in [0, 0.1) is 0 Å². The van der Waals surface area contributed by atoms with Crippen LogP contribution in [0.15, 0.2) is 125 Å². The molecule has 194 valence electrons. The highest BCUT2D eigenvalue weighted by Crippen LogP contribution is 2.35. The fourth-order valence-corrected chi connectivity index (χ4v) is 5.15. The number of hydrogen-bond donors (Lipinski definition) is 2. The second-order valence-electron chi connectivity index (χ2n) is 9.81. The number of aromatic nitrogens is 4. The smallest absolute Gasteiger partial charge is 0.327 e. The normalized spacial score (nSPS) is 11.9. The van der Waals surface area contributed by atoms with Crippen LogP contribution in [0.5, 0.6) is 0 Å². The maximum atomic E-state index is 13.1. The van der Waals surface area contributed by atoms with Gasteiger partial charge in [-0.15, -0.1) is 0 Å². The van der Waals surface area contributed by atoms with Gasteiger partial charge < -0.3 is 14.9 Å². The van der Waals surface area contributed by atoms with E-state index >= 15 is 0 Å². The fourth-order valence-electron chi connectivity index (χ4n) is 5.15. The van der Waals surface area contributed by atoms with Crippen LogP contribution in [0.2, 0.25) is 0 Å². The van der Waals surface area contributed by atoms with Gasteiger partial charge in [0.2, 0.25) is 0 Å². The molecular weight excluding hydrogens is 496 g/mol. The third kappa shape index (κ3) is 4.43. The minimum atomic E-state index is -0.197. The number of imidazole rings is 2. The maximum Gasteiger partial charge on any atom is 0.327 e. The summed E-state index contributed by atoms with van der Waals surface area (Å²) in [5.74, 6) is 1.34. The Hall–Kier alpha value is -5.43. The topological polar surface area (TPSA) is 80.0 Å². The Balaban J connectivity index is 1.14. The van der Waals surface area contributed by atoms with Crippen LogP contribution in [0.4, 0.5) is 11.6 Å². The monoisotopic (exact) mass is 522 g/mol. The summed E-state index contributed by atoms with van der Waals surface area (Å²) in [6, 6.07) is 37.4. The summed E-state index contributed by atoms with van der Waals surface area (Å²) in [6.07, 6.45) is 3.41. The molecule has 0 spiro atoms. The summed E-state index contributed by atoms with van der Waals surface area (Å²) in [5.41, 5.74) is 7.91. The van der Waals surface area contributed by atoms with Gasteiger partial charge in [0.1, 0.15) is 17.2 Å². The standard InChI is InChI=1S/C33H26N6O/c40-33-37-30-29-31(38(22-36-29)19-23-11-15-27(16-12-23)25-7-3-1-4-8-25)34-21-35-32(30)39(33)20-24-13-17-28(18-14-24)26-9-5-2-6-10-26/h1-18,21-22H,19-20H2,(H,34,35)(H,37,40). The van der Waals surface area contributed by atoms with E-state index in [4.69, 9.17) is 0 Å². The first-order valence-electron chi connectivity index (χ1n) is 13.2. The number of nitrogens with zero attached hydrogens (tertiary/aromatic N) is 4. The van der Waals surface area contributed by atoms with E-state index in [9.17, 15) is 4.79 Å². The predicted octanol–water partition coefficient (Wildman–Crippen LogP) is 6.56. The first kappa shape index (κ1) is 23.7. The van der Waals surface area contributed by atoms with E-state index in [1.165, 1.54) is 11.1 Å². The third-order valence-electron chi connectivity index (χ3n) is 7.23. The lowest BCUT2D eigenvalue weighted by molar-refractivity contribution is 0.771. The molecule has 2 N–H and O–H groups in total. The van der Waals surface area contributed by atoms with Gasteiger partial charge in [-0.3, -0.25) is 4.57 Å². The van der Waals surface area contributed by atoms with Crippen LogP contribution in [0.1, 0.15) is 11.1 Å². The van der Waals surface area contributed by atoms with Crippen molar-refractivity contribution in [2.75, 3.05) is 5.32 Å². The Bertz CT molecular complexity index is 1860. The van der Waals surface area contributed by atoms with E-state index in [2.05, 4.69) is 93.1 Å². The number of fused-ring (bicyclic) bond motifs is 3. The van der Waals surface area contributed by atoms with Gasteiger partial charge in [-0.25, -0.2) is 14.8 Å². The molecule has 4 aromatic carbocycles. The molecule has 0 radical (unpaired) electrons. The molecule has 1 aliphatic rings. The zero-order valence-electron chi connectivity index (χ0n) is 21.7. The summed E-state index contributed by atoms with van der Waals surface area (Å²) in [7, 11) is 0. The molecule has 0 bridgehead atoms. The van der Waals surface area contributed by atoms with Crippen molar-refractivity contribution in [3.63, 3.8) is 0 Å². The summed E-state index contributed by atoms with van der Waals surface area (Å²) >= 11 is 0. The van der Waals surface area contributed by atoms with Crippen molar-refractivity contribution < 1.29 is 0 Å². The summed E-state index contributed by atoms with van der Waals surface area (Å²) in [4.78, 5) is 25.4. The SMILES string of the molecule is O=c1[nH]c2c(n1Cc1ccc(-c3ccccc3)cc1)NC=Nc1c-2ncn1Cc1ccc(-c2ccccc2)cc1. The number of aromatic amines is 1. The number of hydrogen-bond acceptors (Lipinski definition) is 4. The van der Waals surface area contributed by atoms with Gasteiger partial charge >= 0.3 is 5.69 Å². The quantitative estimate of drug-likeness (QED) is 0.260. The van der Waals surface area contributed by atoms with Crippen molar-refractivity contribution >= 4 is 18.0 Å². The lowest BCUT2D eigenvalue weighted by Gasteiger charge is -2.08. The van der Waals surface area contributed by atoms with E-state index in [-0.39, 0.29) is 5.69 Å². The van der Waals surface area contributed by atoms with Crippen LogP contribution in [0.25, 0.3) is 33.6 Å². The Morgan fingerprint density at radius 1 is 0.650 bits per heavy atom. The van der Waals surface area contributed by atoms with Crippen molar-refractivity contribution in [1.82, 2.24) is 19.1 Å². The molecule has 0 saturated carbocycles. The number of rotatable bonds is 6. The largest absolute Gasteiger partial charge is 0.330 e. The van der Waals surface area contributed by atoms with Gasteiger partial charge in [0.15, 0.2) is 5.82 Å². The Morgan fingerprint density at radius 3 is 1.80 bits per heavy atom. The Labute approximate surface area is 231 Å². The highest BCUT2D eigenvalue weighted by atomic mass is 16.1. The highest BCUT2D eigenvalue weighted by Gasteiger charge is 2.23. The zero-order chi connectivity index (χ0) is 26.9. The van der Waals surface area contributed by atoms with Gasteiger partial charge in [-0.05, 0) is 33.4 Å². The molecule has 0 saturated heterocycles. The summed E-state index contributed by atoms with van der Waals surface area (Å²) in [5, 5.41) is 3.21. The van der Waals surface area contributed by atoms with E-state index in [0.717, 1.165) is 22.3 Å². The molecule has 1 aliphatic heterocycles. The van der Waals surface area contributed by atoms with Gasteiger partial charge in [0.05, 0.1) is 25.8 Å². The molecule has 2 aromatic heterocycles. The molecule has 0 fully saturated rings. The molecule has 7 heteroatoms. The van der Waals surface area contributed by atoms with Crippen LogP contribution in [-0.2, 0) is 13.1 Å². The van der Waals surface area contributed by atoms with E-state index in [0.29, 0.717) is 36.1 Å². The summed E-state index contributed by atoms with van der Waals surface area (Å²) < 4.78 is 3.69. The molecule has 6 aromatic rings. The third-order valence-corrected chi connectivity index (χ3v) is 7.23. The van der Waals surface area contributed by atoms with E-state index in [1.807, 2.05) is 41.0 Å². The second-order valence-corrected chi connectivity index (χ2v) is 9.81. The number of H-pyrrole nitrogens is 1. The molecule has 0 aliphatic carbocycles. The van der Waals surface area contributed by atoms with Gasteiger partial charge in [-0.2, -0.15) is 0 Å². The Kier molecular flexibility index (Phi) is 5.94. The van der Waals surface area contributed by atoms with E-state index < -0.39 is 0 Å². The molecule has 0 unspecified atom stereocenters.